The molecule has 0 unspecified atom stereocenters. The summed E-state index contributed by atoms with van der Waals surface area (Å²) in [6.07, 6.45) is 3.60. The fraction of sp³-hybridized carbons (Fsp3) is 0.200. The third-order valence-corrected chi connectivity index (χ3v) is 2.71. The molecule has 5 heteroatoms. The molecule has 0 radical (unpaired) electrons. The van der Waals surface area contributed by atoms with E-state index in [1.165, 1.54) is 0 Å². The van der Waals surface area contributed by atoms with Crippen molar-refractivity contribution < 1.29 is 4.74 Å². The van der Waals surface area contributed by atoms with Crippen LogP contribution in [0.15, 0.2) is 47.7 Å². The molecule has 104 valence electrons. The van der Waals surface area contributed by atoms with Crippen LogP contribution in [0.2, 0.25) is 0 Å². The second-order valence-electron chi connectivity index (χ2n) is 4.43. The van der Waals surface area contributed by atoms with Crippen LogP contribution in [0.4, 0.5) is 5.69 Å². The molecule has 1 aromatic carbocycles. The number of benzene rings is 1. The van der Waals surface area contributed by atoms with E-state index in [0.717, 1.165) is 22.6 Å². The Bertz CT molecular complexity index is 610. The molecule has 3 N–H and O–H groups in total. The Balaban J connectivity index is 2.00. The van der Waals surface area contributed by atoms with Crippen molar-refractivity contribution in [3.05, 3.63) is 53.9 Å². The van der Waals surface area contributed by atoms with Gasteiger partial charge in [-0.1, -0.05) is 12.1 Å². The summed E-state index contributed by atoms with van der Waals surface area (Å²) in [6.45, 7) is 2.50. The smallest absolute Gasteiger partial charge is 0.193 e. The highest BCUT2D eigenvalue weighted by atomic mass is 16.5. The summed E-state index contributed by atoms with van der Waals surface area (Å²) in [5.74, 6) is 1.13. The fourth-order valence-corrected chi connectivity index (χ4v) is 1.77. The number of pyridine rings is 1. The second-order valence-corrected chi connectivity index (χ2v) is 4.43. The lowest BCUT2D eigenvalue weighted by Gasteiger charge is -2.07. The summed E-state index contributed by atoms with van der Waals surface area (Å²) < 4.78 is 5.15. The van der Waals surface area contributed by atoms with Gasteiger partial charge in [-0.25, -0.2) is 4.99 Å². The van der Waals surface area contributed by atoms with E-state index in [1.54, 1.807) is 13.3 Å². The second kappa shape index (κ2) is 6.56. The zero-order chi connectivity index (χ0) is 14.4. The minimum absolute atomic E-state index is 0.361. The van der Waals surface area contributed by atoms with Crippen LogP contribution < -0.4 is 15.8 Å². The van der Waals surface area contributed by atoms with Crippen LogP contribution in [-0.4, -0.2) is 18.1 Å². The number of aryl methyl sites for hydroxylation is 1. The first-order valence-corrected chi connectivity index (χ1v) is 6.29. The third-order valence-electron chi connectivity index (χ3n) is 2.71. The molecule has 0 amide bonds. The fourth-order valence-electron chi connectivity index (χ4n) is 1.77. The van der Waals surface area contributed by atoms with Gasteiger partial charge in [0.25, 0.3) is 0 Å². The summed E-state index contributed by atoms with van der Waals surface area (Å²) in [5.41, 5.74) is 8.84. The van der Waals surface area contributed by atoms with Gasteiger partial charge in [-0.05, 0) is 30.2 Å². The quantitative estimate of drug-likeness (QED) is 0.660. The summed E-state index contributed by atoms with van der Waals surface area (Å²) in [6, 6.07) is 9.56. The molecule has 0 bridgehead atoms. The molecule has 0 saturated heterocycles. The minimum Gasteiger partial charge on any atom is -0.497 e. The summed E-state index contributed by atoms with van der Waals surface area (Å²) in [7, 11) is 1.63. The van der Waals surface area contributed by atoms with Crippen molar-refractivity contribution in [3.63, 3.8) is 0 Å². The Morgan fingerprint density at radius 1 is 1.35 bits per heavy atom. The highest BCUT2D eigenvalue weighted by Crippen LogP contribution is 2.16. The molecular formula is C15H18N4O. The highest BCUT2D eigenvalue weighted by Gasteiger charge is 1.98. The number of aliphatic imine (C=N–C) groups is 1. The average Bonchev–Trinajstić information content (AvgIpc) is 2.45. The Labute approximate surface area is 118 Å². The molecule has 0 spiro atoms. The van der Waals surface area contributed by atoms with Crippen molar-refractivity contribution in [2.24, 2.45) is 10.7 Å². The number of nitrogens with one attached hydrogen (secondary N) is 1. The monoisotopic (exact) mass is 270 g/mol. The van der Waals surface area contributed by atoms with Crippen molar-refractivity contribution in [2.45, 2.75) is 13.5 Å². The number of rotatable bonds is 4. The number of methoxy groups -OCH3 is 1. The predicted molar refractivity (Wildman–Crippen MR) is 80.9 cm³/mol. The molecule has 20 heavy (non-hydrogen) atoms. The van der Waals surface area contributed by atoms with Crippen LogP contribution in [0.1, 0.15) is 11.1 Å². The first kappa shape index (κ1) is 13.9. The maximum atomic E-state index is 5.86. The lowest BCUT2D eigenvalue weighted by molar-refractivity contribution is 0.415. The van der Waals surface area contributed by atoms with E-state index in [0.29, 0.717) is 12.5 Å². The van der Waals surface area contributed by atoms with E-state index in [-0.39, 0.29) is 0 Å². The van der Waals surface area contributed by atoms with Crippen LogP contribution in [-0.2, 0) is 6.54 Å². The Hall–Kier alpha value is -2.56. The van der Waals surface area contributed by atoms with Crippen LogP contribution >= 0.6 is 0 Å². The Morgan fingerprint density at radius 3 is 2.95 bits per heavy atom. The lowest BCUT2D eigenvalue weighted by Crippen LogP contribution is -2.22. The standard InChI is InChI=1S/C15H18N4O/c1-11-6-12(9-17-8-11)10-18-15(16)19-13-4-3-5-14(7-13)20-2/h3-9H,10H2,1-2H3,(H3,16,18,19). The maximum Gasteiger partial charge on any atom is 0.193 e. The van der Waals surface area contributed by atoms with Gasteiger partial charge in [-0.3, -0.25) is 4.98 Å². The molecule has 0 aliphatic carbocycles. The summed E-state index contributed by atoms with van der Waals surface area (Å²) in [5, 5.41) is 3.03. The number of hydrogen-bond acceptors (Lipinski definition) is 3. The van der Waals surface area contributed by atoms with E-state index in [4.69, 9.17) is 10.5 Å². The highest BCUT2D eigenvalue weighted by molar-refractivity contribution is 5.92. The van der Waals surface area contributed by atoms with Gasteiger partial charge < -0.3 is 15.8 Å². The van der Waals surface area contributed by atoms with E-state index in [9.17, 15) is 0 Å². The molecule has 2 aromatic rings. The van der Waals surface area contributed by atoms with Gasteiger partial charge in [0.15, 0.2) is 5.96 Å². The van der Waals surface area contributed by atoms with Crippen molar-refractivity contribution in [3.8, 4) is 5.75 Å². The van der Waals surface area contributed by atoms with Gasteiger partial charge in [0.2, 0.25) is 0 Å². The zero-order valence-electron chi connectivity index (χ0n) is 11.6. The molecule has 0 atom stereocenters. The van der Waals surface area contributed by atoms with E-state index in [2.05, 4.69) is 15.3 Å². The maximum absolute atomic E-state index is 5.86. The average molecular weight is 270 g/mol. The van der Waals surface area contributed by atoms with E-state index >= 15 is 0 Å². The van der Waals surface area contributed by atoms with Gasteiger partial charge >= 0.3 is 0 Å². The van der Waals surface area contributed by atoms with Crippen molar-refractivity contribution in [2.75, 3.05) is 12.4 Å². The predicted octanol–water partition coefficient (Wildman–Crippen LogP) is 2.33. The Morgan fingerprint density at radius 2 is 2.20 bits per heavy atom. The number of nitrogens with two attached hydrogens (primary N) is 1. The summed E-state index contributed by atoms with van der Waals surface area (Å²) >= 11 is 0. The molecule has 1 aromatic heterocycles. The van der Waals surface area contributed by atoms with Gasteiger partial charge in [-0.2, -0.15) is 0 Å². The van der Waals surface area contributed by atoms with Crippen LogP contribution in [0, 0.1) is 6.92 Å². The molecule has 0 saturated carbocycles. The van der Waals surface area contributed by atoms with E-state index in [1.807, 2.05) is 43.5 Å². The number of nitrogens with zero attached hydrogens (tertiary/aromatic N) is 2. The lowest BCUT2D eigenvalue weighted by atomic mass is 10.2. The van der Waals surface area contributed by atoms with Gasteiger partial charge in [0.05, 0.1) is 13.7 Å². The number of ether oxygens (including phenoxy) is 1. The Kier molecular flexibility index (Phi) is 4.55. The normalized spacial score (nSPS) is 11.2. The summed E-state index contributed by atoms with van der Waals surface area (Å²) in [4.78, 5) is 8.41. The molecule has 1 heterocycles. The topological polar surface area (TPSA) is 72.5 Å². The molecule has 5 nitrogen and oxygen atoms in total. The van der Waals surface area contributed by atoms with Gasteiger partial charge in [0, 0.05) is 24.1 Å². The molecule has 0 aliphatic rings. The van der Waals surface area contributed by atoms with E-state index < -0.39 is 0 Å². The van der Waals surface area contributed by atoms with Crippen molar-refractivity contribution >= 4 is 11.6 Å². The molecule has 0 aliphatic heterocycles. The number of anilines is 1. The number of hydrogen-bond donors (Lipinski definition) is 2. The molecule has 0 fully saturated rings. The van der Waals surface area contributed by atoms with Crippen LogP contribution in [0.3, 0.4) is 0 Å². The third kappa shape index (κ3) is 3.98. The SMILES string of the molecule is COc1cccc(NC(N)=NCc2cncc(C)c2)c1. The first-order chi connectivity index (χ1) is 9.67. The molecular weight excluding hydrogens is 252 g/mol. The van der Waals surface area contributed by atoms with Gasteiger partial charge in [-0.15, -0.1) is 0 Å². The number of guanidine groups is 1. The van der Waals surface area contributed by atoms with Crippen LogP contribution in [0.25, 0.3) is 0 Å². The van der Waals surface area contributed by atoms with Gasteiger partial charge in [0.1, 0.15) is 5.75 Å². The van der Waals surface area contributed by atoms with Crippen molar-refractivity contribution in [1.29, 1.82) is 0 Å². The number of aromatic nitrogens is 1. The largest absolute Gasteiger partial charge is 0.497 e. The minimum atomic E-state index is 0.361. The first-order valence-electron chi connectivity index (χ1n) is 6.29. The van der Waals surface area contributed by atoms with Crippen LogP contribution in [0.5, 0.6) is 5.75 Å². The zero-order valence-corrected chi connectivity index (χ0v) is 11.6. The molecule has 2 rings (SSSR count). The van der Waals surface area contributed by atoms with Crippen molar-refractivity contribution in [1.82, 2.24) is 4.98 Å².